The van der Waals surface area contributed by atoms with E-state index in [-0.39, 0.29) is 36.7 Å². The summed E-state index contributed by atoms with van der Waals surface area (Å²) in [5, 5.41) is 17.6. The summed E-state index contributed by atoms with van der Waals surface area (Å²) in [7, 11) is 0. The maximum absolute atomic E-state index is 9.99. The highest BCUT2D eigenvalue weighted by Crippen LogP contribution is 2.34. The van der Waals surface area contributed by atoms with Crippen LogP contribution in [0.15, 0.2) is 28.7 Å². The summed E-state index contributed by atoms with van der Waals surface area (Å²) >= 11 is 0. The molecule has 0 amide bonds. The zero-order valence-electron chi connectivity index (χ0n) is 15.0. The number of piperidine rings is 1. The molecule has 3 heterocycles. The number of ether oxygens (including phenoxy) is 2. The van der Waals surface area contributed by atoms with E-state index in [1.807, 2.05) is 24.3 Å². The smallest absolute Gasteiger partial charge is 0.312 e. The average Bonchev–Trinajstić information content (AvgIpc) is 3.15. The monoisotopic (exact) mass is 375 g/mol. The summed E-state index contributed by atoms with van der Waals surface area (Å²) < 4.78 is 17.2. The van der Waals surface area contributed by atoms with E-state index in [1.165, 1.54) is 0 Å². The second-order valence-electron chi connectivity index (χ2n) is 7.04. The molecule has 1 aromatic heterocycles. The molecule has 2 aliphatic heterocycles. The van der Waals surface area contributed by atoms with Crippen molar-refractivity contribution in [1.82, 2.24) is 15.1 Å². The highest BCUT2D eigenvalue weighted by molar-refractivity contribution is 5.40. The van der Waals surface area contributed by atoms with Crippen molar-refractivity contribution in [2.24, 2.45) is 11.7 Å². The van der Waals surface area contributed by atoms with Crippen LogP contribution in [0.5, 0.6) is 11.5 Å². The molecule has 146 valence electrons. The van der Waals surface area contributed by atoms with Crippen molar-refractivity contribution >= 4 is 6.01 Å². The minimum absolute atomic E-state index is 0.00705. The van der Waals surface area contributed by atoms with Crippen LogP contribution >= 0.6 is 0 Å². The first-order valence-electron chi connectivity index (χ1n) is 9.23. The van der Waals surface area contributed by atoms with Crippen molar-refractivity contribution in [3.8, 4) is 11.5 Å². The minimum atomic E-state index is -0.328. The van der Waals surface area contributed by atoms with Crippen LogP contribution in [0.1, 0.15) is 24.8 Å². The molecule has 0 spiro atoms. The van der Waals surface area contributed by atoms with Gasteiger partial charge >= 0.3 is 6.01 Å². The van der Waals surface area contributed by atoms with Gasteiger partial charge in [0.2, 0.25) is 5.89 Å². The van der Waals surface area contributed by atoms with Gasteiger partial charge in [-0.3, -0.25) is 4.90 Å². The highest BCUT2D eigenvalue weighted by Gasteiger charge is 2.36. The number of nitrogen functional groups attached to an aromatic ring is 1. The third-order valence-corrected chi connectivity index (χ3v) is 5.44. The van der Waals surface area contributed by atoms with Gasteiger partial charge in [-0.2, -0.15) is 0 Å². The molecule has 0 saturated carbocycles. The maximum atomic E-state index is 9.99. The lowest BCUT2D eigenvalue weighted by Gasteiger charge is -2.41. The van der Waals surface area contributed by atoms with Gasteiger partial charge in [0.1, 0.15) is 6.61 Å². The number of benzene rings is 1. The fraction of sp³-hybridized carbons (Fsp3) is 0.556. The number of aromatic nitrogens is 2. The van der Waals surface area contributed by atoms with Crippen LogP contribution in [-0.4, -0.2) is 58.7 Å². The third kappa shape index (κ3) is 3.71. The number of anilines is 1. The summed E-state index contributed by atoms with van der Waals surface area (Å²) in [5.74, 6) is 2.07. The number of aliphatic hydroxyl groups is 1. The van der Waals surface area contributed by atoms with Gasteiger partial charge in [0.05, 0.1) is 18.7 Å². The molecule has 9 nitrogen and oxygen atoms in total. The lowest BCUT2D eigenvalue weighted by molar-refractivity contribution is -0.0227. The van der Waals surface area contributed by atoms with Gasteiger partial charge in [-0.15, -0.1) is 5.10 Å². The van der Waals surface area contributed by atoms with Gasteiger partial charge in [0.25, 0.3) is 0 Å². The first kappa shape index (κ1) is 18.0. The lowest BCUT2D eigenvalue weighted by atomic mass is 9.88. The summed E-state index contributed by atoms with van der Waals surface area (Å²) in [5.41, 5.74) is 11.8. The van der Waals surface area contributed by atoms with Crippen molar-refractivity contribution in [1.29, 1.82) is 0 Å². The molecule has 5 N–H and O–H groups in total. The molecular weight excluding hydrogens is 350 g/mol. The number of aliphatic hydroxyl groups excluding tert-OH is 1. The number of likely N-dealkylation sites (tertiary alicyclic amines) is 1. The topological polar surface area (TPSA) is 133 Å². The fourth-order valence-corrected chi connectivity index (χ4v) is 3.89. The normalized spacial score (nSPS) is 23.1. The molecule has 2 aromatic rings. The second-order valence-corrected chi connectivity index (χ2v) is 7.04. The summed E-state index contributed by atoms with van der Waals surface area (Å²) in [6.45, 7) is 2.03. The molecule has 3 unspecified atom stereocenters. The number of para-hydroxylation sites is 2. The predicted molar refractivity (Wildman–Crippen MR) is 97.2 cm³/mol. The average molecular weight is 375 g/mol. The summed E-state index contributed by atoms with van der Waals surface area (Å²) in [6, 6.07) is 7.17. The van der Waals surface area contributed by atoms with Crippen LogP contribution in [-0.2, 0) is 0 Å². The van der Waals surface area contributed by atoms with Crippen molar-refractivity contribution < 1.29 is 19.0 Å². The molecule has 0 bridgehead atoms. The molecular formula is C18H25N5O4. The van der Waals surface area contributed by atoms with Gasteiger partial charge in [-0.05, 0) is 44.0 Å². The van der Waals surface area contributed by atoms with E-state index in [1.54, 1.807) is 0 Å². The van der Waals surface area contributed by atoms with Crippen LogP contribution < -0.4 is 20.9 Å². The van der Waals surface area contributed by atoms with Crippen LogP contribution in [0.4, 0.5) is 6.01 Å². The fourth-order valence-electron chi connectivity index (χ4n) is 3.89. The standard InChI is InChI=1S/C18H25N5O4/c19-16(17-21-22-18(20)27-17)11-5-7-23(8-6-11)12(9-24)15-10-25-13-3-1-2-4-14(13)26-15/h1-4,11-12,15-16,24H,5-10,19H2,(H2,20,22). The molecule has 4 rings (SSSR count). The van der Waals surface area contributed by atoms with E-state index in [9.17, 15) is 5.11 Å². The van der Waals surface area contributed by atoms with E-state index < -0.39 is 0 Å². The molecule has 0 radical (unpaired) electrons. The second kappa shape index (κ2) is 7.71. The maximum Gasteiger partial charge on any atom is 0.312 e. The van der Waals surface area contributed by atoms with Gasteiger partial charge in [0, 0.05) is 0 Å². The zero-order chi connectivity index (χ0) is 18.8. The van der Waals surface area contributed by atoms with Crippen LogP contribution in [0.3, 0.4) is 0 Å². The first-order chi connectivity index (χ1) is 13.2. The van der Waals surface area contributed by atoms with Crippen molar-refractivity contribution in [3.05, 3.63) is 30.2 Å². The van der Waals surface area contributed by atoms with Crippen LogP contribution in [0.2, 0.25) is 0 Å². The molecule has 27 heavy (non-hydrogen) atoms. The van der Waals surface area contributed by atoms with Crippen molar-refractivity contribution in [2.45, 2.75) is 31.0 Å². The number of nitrogens with two attached hydrogens (primary N) is 2. The minimum Gasteiger partial charge on any atom is -0.486 e. The zero-order valence-corrected chi connectivity index (χ0v) is 15.0. The van der Waals surface area contributed by atoms with Crippen molar-refractivity contribution in [3.63, 3.8) is 0 Å². The van der Waals surface area contributed by atoms with Gasteiger partial charge in [-0.25, -0.2) is 0 Å². The molecule has 9 heteroatoms. The number of rotatable bonds is 5. The summed E-state index contributed by atoms with van der Waals surface area (Å²) in [6.07, 6.45) is 1.51. The molecule has 0 aliphatic carbocycles. The van der Waals surface area contributed by atoms with Gasteiger partial charge < -0.3 is 30.5 Å². The Kier molecular flexibility index (Phi) is 5.15. The van der Waals surface area contributed by atoms with E-state index in [0.717, 1.165) is 37.4 Å². The largest absolute Gasteiger partial charge is 0.486 e. The van der Waals surface area contributed by atoms with E-state index in [4.69, 9.17) is 25.4 Å². The Morgan fingerprint density at radius 3 is 2.59 bits per heavy atom. The molecule has 1 saturated heterocycles. The van der Waals surface area contributed by atoms with E-state index >= 15 is 0 Å². The van der Waals surface area contributed by atoms with Crippen LogP contribution in [0, 0.1) is 5.92 Å². The van der Waals surface area contributed by atoms with Crippen LogP contribution in [0.25, 0.3) is 0 Å². The first-order valence-corrected chi connectivity index (χ1v) is 9.23. The Morgan fingerprint density at radius 2 is 1.93 bits per heavy atom. The highest BCUT2D eigenvalue weighted by atomic mass is 16.6. The number of fused-ring (bicyclic) bond motifs is 1. The lowest BCUT2D eigenvalue weighted by Crippen LogP contribution is -2.54. The van der Waals surface area contributed by atoms with Gasteiger partial charge in [-0.1, -0.05) is 17.2 Å². The Balaban J connectivity index is 1.36. The molecule has 1 aromatic carbocycles. The molecule has 2 aliphatic rings. The predicted octanol–water partition coefficient (Wildman–Crippen LogP) is 0.564. The molecule has 3 atom stereocenters. The van der Waals surface area contributed by atoms with Gasteiger partial charge in [0.15, 0.2) is 17.6 Å². The SMILES string of the molecule is Nc1nnc(C(N)C2CCN(C(CO)C3COc4ccccc4O3)CC2)o1. The number of hydrogen-bond donors (Lipinski definition) is 3. The number of nitrogens with zero attached hydrogens (tertiary/aromatic N) is 3. The Morgan fingerprint density at radius 1 is 1.19 bits per heavy atom. The Labute approximate surface area is 157 Å². The Bertz CT molecular complexity index is 762. The Hall–Kier alpha value is -2.36. The quantitative estimate of drug-likeness (QED) is 0.685. The van der Waals surface area contributed by atoms with E-state index in [0.29, 0.717) is 12.5 Å². The third-order valence-electron chi connectivity index (χ3n) is 5.44. The molecule has 1 fully saturated rings. The summed E-state index contributed by atoms with van der Waals surface area (Å²) in [4.78, 5) is 2.24. The van der Waals surface area contributed by atoms with Crippen molar-refractivity contribution in [2.75, 3.05) is 32.0 Å². The number of hydrogen-bond acceptors (Lipinski definition) is 9. The van der Waals surface area contributed by atoms with E-state index in [2.05, 4.69) is 15.1 Å².